The van der Waals surface area contributed by atoms with Gasteiger partial charge in [-0.15, -0.1) is 0 Å². The number of carbonyl (C=O) groups is 3. The molecule has 1 aliphatic rings. The second kappa shape index (κ2) is 12.4. The Kier molecular flexibility index (Phi) is 9.31. The molecule has 0 aromatic heterocycles. The Morgan fingerprint density at radius 2 is 1.73 bits per heavy atom. The van der Waals surface area contributed by atoms with Gasteiger partial charge in [-0.05, 0) is 81.5 Å². The second-order valence-electron chi connectivity index (χ2n) is 8.16. The Morgan fingerprint density at radius 3 is 2.39 bits per heavy atom. The van der Waals surface area contributed by atoms with Crippen molar-refractivity contribution in [1.82, 2.24) is 5.32 Å². The zero-order valence-corrected chi connectivity index (χ0v) is 19.6. The van der Waals surface area contributed by atoms with E-state index in [4.69, 9.17) is 21.1 Å². The van der Waals surface area contributed by atoms with E-state index in [0.717, 1.165) is 31.4 Å². The van der Waals surface area contributed by atoms with Crippen molar-refractivity contribution in [2.24, 2.45) is 5.92 Å². The number of carbonyl (C=O) groups excluding carboxylic acids is 3. The van der Waals surface area contributed by atoms with Crippen LogP contribution in [-0.2, 0) is 9.53 Å². The van der Waals surface area contributed by atoms with Gasteiger partial charge in [-0.1, -0.05) is 17.7 Å². The number of benzene rings is 2. The van der Waals surface area contributed by atoms with Crippen molar-refractivity contribution in [2.75, 3.05) is 13.2 Å². The first-order valence-electron chi connectivity index (χ1n) is 11.5. The molecule has 3 rings (SSSR count). The van der Waals surface area contributed by atoms with Crippen molar-refractivity contribution in [3.05, 3.63) is 64.7 Å². The van der Waals surface area contributed by atoms with Crippen LogP contribution in [0.4, 0.5) is 0 Å². The summed E-state index contributed by atoms with van der Waals surface area (Å²) in [5.74, 6) is 0.402. The SMILES string of the molecule is CCOC(=O)C1CCC(Oc2ccc(C(=O)CCCNC(=O)c3cccc(Cl)c3)cc2)CC1. The molecule has 7 heteroatoms. The van der Waals surface area contributed by atoms with Crippen molar-refractivity contribution < 1.29 is 23.9 Å². The Hall–Kier alpha value is -2.86. The fourth-order valence-electron chi connectivity index (χ4n) is 3.92. The van der Waals surface area contributed by atoms with E-state index in [1.54, 1.807) is 36.4 Å². The molecule has 0 spiro atoms. The fraction of sp³-hybridized carbons (Fsp3) is 0.423. The summed E-state index contributed by atoms with van der Waals surface area (Å²) >= 11 is 5.90. The van der Waals surface area contributed by atoms with E-state index in [0.29, 0.717) is 42.1 Å². The quantitative estimate of drug-likeness (QED) is 0.291. The number of rotatable bonds is 10. The van der Waals surface area contributed by atoms with Crippen LogP contribution in [0.2, 0.25) is 5.02 Å². The molecule has 33 heavy (non-hydrogen) atoms. The fourth-order valence-corrected chi connectivity index (χ4v) is 4.11. The van der Waals surface area contributed by atoms with Crippen LogP contribution in [0.1, 0.15) is 66.2 Å². The summed E-state index contributed by atoms with van der Waals surface area (Å²) in [4.78, 5) is 36.4. The van der Waals surface area contributed by atoms with E-state index in [1.807, 2.05) is 19.1 Å². The zero-order chi connectivity index (χ0) is 23.6. The van der Waals surface area contributed by atoms with Crippen LogP contribution >= 0.6 is 11.6 Å². The van der Waals surface area contributed by atoms with Crippen molar-refractivity contribution in [2.45, 2.75) is 51.6 Å². The van der Waals surface area contributed by atoms with Gasteiger partial charge in [0.2, 0.25) is 0 Å². The number of amides is 1. The molecule has 2 aromatic rings. The Bertz CT molecular complexity index is 951. The van der Waals surface area contributed by atoms with Gasteiger partial charge < -0.3 is 14.8 Å². The molecule has 0 radical (unpaired) electrons. The Balaban J connectivity index is 1.37. The van der Waals surface area contributed by atoms with E-state index in [-0.39, 0.29) is 29.7 Å². The molecule has 1 N–H and O–H groups in total. The highest BCUT2D eigenvalue weighted by Crippen LogP contribution is 2.28. The van der Waals surface area contributed by atoms with Crippen molar-refractivity contribution in [1.29, 1.82) is 0 Å². The van der Waals surface area contributed by atoms with Crippen LogP contribution in [0, 0.1) is 5.92 Å². The van der Waals surface area contributed by atoms with Crippen LogP contribution in [0.15, 0.2) is 48.5 Å². The summed E-state index contributed by atoms with van der Waals surface area (Å²) in [6.07, 6.45) is 4.12. The third kappa shape index (κ3) is 7.60. The molecule has 176 valence electrons. The summed E-state index contributed by atoms with van der Waals surface area (Å²) < 4.78 is 11.1. The molecule has 0 unspecified atom stereocenters. The third-order valence-electron chi connectivity index (χ3n) is 5.73. The standard InChI is InChI=1S/C26H30ClNO5/c1-2-32-26(31)19-10-14-23(15-11-19)33-22-12-8-18(9-13-22)24(29)7-4-16-28-25(30)20-5-3-6-21(27)17-20/h3,5-6,8-9,12-13,17,19,23H,2,4,7,10-11,14-16H2,1H3,(H,28,30). The molecule has 1 amide bonds. The molecule has 2 aromatic carbocycles. The number of Topliss-reactive ketones (excluding diaryl/α,β-unsaturated/α-hetero) is 1. The molecular weight excluding hydrogens is 442 g/mol. The first-order chi connectivity index (χ1) is 16.0. The number of halogens is 1. The number of esters is 1. The minimum absolute atomic E-state index is 0.0218. The van der Waals surface area contributed by atoms with E-state index < -0.39 is 0 Å². The lowest BCUT2D eigenvalue weighted by Gasteiger charge is -2.27. The summed E-state index contributed by atoms with van der Waals surface area (Å²) in [6.45, 7) is 2.65. The molecule has 0 saturated heterocycles. The predicted octanol–water partition coefficient (Wildman–Crippen LogP) is 5.23. The van der Waals surface area contributed by atoms with E-state index >= 15 is 0 Å². The van der Waals surface area contributed by atoms with Gasteiger partial charge in [0.05, 0.1) is 18.6 Å². The van der Waals surface area contributed by atoms with Crippen LogP contribution in [-0.4, -0.2) is 36.9 Å². The number of nitrogens with one attached hydrogen (secondary N) is 1. The maximum Gasteiger partial charge on any atom is 0.308 e. The Labute approximate surface area is 199 Å². The Morgan fingerprint density at radius 1 is 1.00 bits per heavy atom. The van der Waals surface area contributed by atoms with Gasteiger partial charge in [-0.2, -0.15) is 0 Å². The molecule has 0 bridgehead atoms. The monoisotopic (exact) mass is 471 g/mol. The third-order valence-corrected chi connectivity index (χ3v) is 5.96. The van der Waals surface area contributed by atoms with Crippen LogP contribution in [0.3, 0.4) is 0 Å². The summed E-state index contributed by atoms with van der Waals surface area (Å²) in [7, 11) is 0. The second-order valence-corrected chi connectivity index (χ2v) is 8.60. The maximum atomic E-state index is 12.4. The number of ether oxygens (including phenoxy) is 2. The van der Waals surface area contributed by atoms with E-state index in [2.05, 4.69) is 5.32 Å². The molecule has 1 aliphatic carbocycles. The highest BCUT2D eigenvalue weighted by Gasteiger charge is 2.28. The van der Waals surface area contributed by atoms with Crippen LogP contribution in [0.25, 0.3) is 0 Å². The summed E-state index contributed by atoms with van der Waals surface area (Å²) in [5.41, 5.74) is 1.12. The van der Waals surface area contributed by atoms with Crippen LogP contribution in [0.5, 0.6) is 5.75 Å². The first-order valence-corrected chi connectivity index (χ1v) is 11.8. The number of hydrogen-bond acceptors (Lipinski definition) is 5. The van der Waals surface area contributed by atoms with Gasteiger partial charge in [0.25, 0.3) is 5.91 Å². The van der Waals surface area contributed by atoms with Gasteiger partial charge >= 0.3 is 5.97 Å². The van der Waals surface area contributed by atoms with Crippen molar-refractivity contribution >= 4 is 29.3 Å². The largest absolute Gasteiger partial charge is 0.490 e. The molecule has 1 fully saturated rings. The average Bonchev–Trinajstić information content (AvgIpc) is 2.82. The highest BCUT2D eigenvalue weighted by atomic mass is 35.5. The molecule has 6 nitrogen and oxygen atoms in total. The number of hydrogen-bond donors (Lipinski definition) is 1. The normalized spacial score (nSPS) is 17.8. The lowest BCUT2D eigenvalue weighted by atomic mass is 9.87. The predicted molar refractivity (Wildman–Crippen MR) is 127 cm³/mol. The minimum Gasteiger partial charge on any atom is -0.490 e. The zero-order valence-electron chi connectivity index (χ0n) is 18.8. The topological polar surface area (TPSA) is 81.7 Å². The first kappa shape index (κ1) is 24.8. The van der Waals surface area contributed by atoms with Crippen LogP contribution < -0.4 is 10.1 Å². The average molecular weight is 472 g/mol. The molecule has 1 saturated carbocycles. The molecule has 0 aliphatic heterocycles. The number of ketones is 1. The van der Waals surface area contributed by atoms with Gasteiger partial charge in [-0.3, -0.25) is 14.4 Å². The van der Waals surface area contributed by atoms with Gasteiger partial charge in [0.1, 0.15) is 5.75 Å². The smallest absolute Gasteiger partial charge is 0.308 e. The van der Waals surface area contributed by atoms with Crippen molar-refractivity contribution in [3.63, 3.8) is 0 Å². The van der Waals surface area contributed by atoms with E-state index in [1.165, 1.54) is 0 Å². The molecule has 0 heterocycles. The summed E-state index contributed by atoms with van der Waals surface area (Å²) in [5, 5.41) is 3.31. The summed E-state index contributed by atoms with van der Waals surface area (Å²) in [6, 6.07) is 13.9. The molecular formula is C26H30ClNO5. The minimum atomic E-state index is -0.206. The lowest BCUT2D eigenvalue weighted by molar-refractivity contribution is -0.149. The van der Waals surface area contributed by atoms with Gasteiger partial charge in [0.15, 0.2) is 5.78 Å². The van der Waals surface area contributed by atoms with Gasteiger partial charge in [0, 0.05) is 29.1 Å². The highest BCUT2D eigenvalue weighted by molar-refractivity contribution is 6.30. The lowest BCUT2D eigenvalue weighted by Crippen LogP contribution is -2.29. The maximum absolute atomic E-state index is 12.4. The molecule has 0 atom stereocenters. The van der Waals surface area contributed by atoms with Crippen molar-refractivity contribution in [3.8, 4) is 5.75 Å². The van der Waals surface area contributed by atoms with E-state index in [9.17, 15) is 14.4 Å². The van der Waals surface area contributed by atoms with Gasteiger partial charge in [-0.25, -0.2) is 0 Å².